The molecule has 0 fully saturated rings. The van der Waals surface area contributed by atoms with Crippen molar-refractivity contribution in [3.8, 4) is 0 Å². The second-order valence-electron chi connectivity index (χ2n) is 2.47. The van der Waals surface area contributed by atoms with Gasteiger partial charge < -0.3 is 21.1 Å². The molecule has 5 N–H and O–H groups in total. The summed E-state index contributed by atoms with van der Waals surface area (Å²) in [5, 5.41) is 20.5. The van der Waals surface area contributed by atoms with Crippen LogP contribution in [-0.2, 0) is 0 Å². The van der Waals surface area contributed by atoms with Crippen LogP contribution in [0.1, 0.15) is 0 Å². The highest BCUT2D eigenvalue weighted by atomic mass is 16.4. The zero-order chi connectivity index (χ0) is 9.14. The van der Waals surface area contributed by atoms with Crippen molar-refractivity contribution >= 4 is 24.0 Å². The summed E-state index contributed by atoms with van der Waals surface area (Å²) >= 11 is 0. The van der Waals surface area contributed by atoms with Gasteiger partial charge in [0.1, 0.15) is 0 Å². The van der Waals surface area contributed by atoms with Crippen LogP contribution in [0.25, 0.3) is 0 Å². The van der Waals surface area contributed by atoms with Crippen LogP contribution in [0.5, 0.6) is 0 Å². The van der Waals surface area contributed by atoms with Crippen molar-refractivity contribution in [3.05, 3.63) is 18.2 Å². The van der Waals surface area contributed by atoms with E-state index in [1.54, 1.807) is 25.2 Å². The Morgan fingerprint density at radius 2 is 2.08 bits per heavy atom. The molecule has 0 unspecified atom stereocenters. The molecule has 0 amide bonds. The van der Waals surface area contributed by atoms with Gasteiger partial charge >= 0.3 is 7.12 Å². The Hall–Kier alpha value is -1.20. The average molecular weight is 166 g/mol. The van der Waals surface area contributed by atoms with Crippen molar-refractivity contribution < 1.29 is 10.0 Å². The first-order valence-electron chi connectivity index (χ1n) is 3.58. The van der Waals surface area contributed by atoms with E-state index in [2.05, 4.69) is 5.32 Å². The standard InChI is InChI=1S/C7H11BN2O2/c1-10-7-4-5(8(11)12)2-3-6(7)9/h2-4,10-12H,9H2,1H3. The summed E-state index contributed by atoms with van der Waals surface area (Å²) in [6, 6.07) is 4.79. The van der Waals surface area contributed by atoms with E-state index < -0.39 is 7.12 Å². The minimum Gasteiger partial charge on any atom is -0.423 e. The highest BCUT2D eigenvalue weighted by Gasteiger charge is 2.11. The van der Waals surface area contributed by atoms with E-state index in [0.717, 1.165) is 0 Å². The van der Waals surface area contributed by atoms with Gasteiger partial charge in [0, 0.05) is 7.05 Å². The molecule has 0 aromatic heterocycles. The average Bonchev–Trinajstić information content (AvgIpc) is 2.05. The Labute approximate surface area is 71.2 Å². The van der Waals surface area contributed by atoms with E-state index in [1.165, 1.54) is 0 Å². The van der Waals surface area contributed by atoms with Crippen LogP contribution < -0.4 is 16.5 Å². The van der Waals surface area contributed by atoms with Crippen LogP contribution in [0.3, 0.4) is 0 Å². The third kappa shape index (κ3) is 1.69. The molecule has 0 saturated carbocycles. The molecule has 0 heterocycles. The summed E-state index contributed by atoms with van der Waals surface area (Å²) in [5.74, 6) is 0. The Morgan fingerprint density at radius 1 is 1.42 bits per heavy atom. The minimum absolute atomic E-state index is 0.425. The second kappa shape index (κ2) is 3.47. The molecule has 0 saturated heterocycles. The normalized spacial score (nSPS) is 9.58. The SMILES string of the molecule is CNc1cc(B(O)O)ccc1N. The fourth-order valence-electron chi connectivity index (χ4n) is 0.951. The number of nitrogen functional groups attached to an aromatic ring is 1. The van der Waals surface area contributed by atoms with Crippen LogP contribution in [-0.4, -0.2) is 24.2 Å². The number of nitrogens with two attached hydrogens (primary N) is 1. The molecule has 0 atom stereocenters. The molecule has 0 aliphatic rings. The number of nitrogens with one attached hydrogen (secondary N) is 1. The first-order valence-corrected chi connectivity index (χ1v) is 3.58. The molecule has 0 aliphatic heterocycles. The lowest BCUT2D eigenvalue weighted by Crippen LogP contribution is -2.29. The predicted octanol–water partition coefficient (Wildman–Crippen LogP) is -1.01. The maximum absolute atomic E-state index is 8.82. The molecule has 0 spiro atoms. The van der Waals surface area contributed by atoms with E-state index in [9.17, 15) is 0 Å². The number of hydrogen-bond acceptors (Lipinski definition) is 4. The zero-order valence-electron chi connectivity index (χ0n) is 6.78. The van der Waals surface area contributed by atoms with Gasteiger partial charge in [-0.25, -0.2) is 0 Å². The zero-order valence-corrected chi connectivity index (χ0v) is 6.78. The molecule has 0 radical (unpaired) electrons. The van der Waals surface area contributed by atoms with Crippen molar-refractivity contribution in [2.45, 2.75) is 0 Å². The minimum atomic E-state index is -1.45. The number of rotatable bonds is 2. The van der Waals surface area contributed by atoms with Gasteiger partial charge in [0.15, 0.2) is 0 Å². The lowest BCUT2D eigenvalue weighted by atomic mass is 9.80. The largest absolute Gasteiger partial charge is 0.488 e. The summed E-state index contributed by atoms with van der Waals surface area (Å²) in [5.41, 5.74) is 7.28. The molecule has 64 valence electrons. The number of benzene rings is 1. The van der Waals surface area contributed by atoms with Crippen LogP contribution in [0, 0.1) is 0 Å². The smallest absolute Gasteiger partial charge is 0.423 e. The molecular formula is C7H11BN2O2. The molecule has 4 nitrogen and oxygen atoms in total. The molecular weight excluding hydrogens is 155 g/mol. The van der Waals surface area contributed by atoms with Crippen LogP contribution in [0.15, 0.2) is 18.2 Å². The first-order chi connectivity index (χ1) is 5.65. The molecule has 0 aliphatic carbocycles. The third-order valence-corrected chi connectivity index (χ3v) is 1.64. The first kappa shape index (κ1) is 8.90. The van der Waals surface area contributed by atoms with E-state index in [0.29, 0.717) is 16.8 Å². The highest BCUT2D eigenvalue weighted by Crippen LogP contribution is 2.14. The Balaban J connectivity index is 3.05. The molecule has 0 bridgehead atoms. The summed E-state index contributed by atoms with van der Waals surface area (Å²) in [6.07, 6.45) is 0. The van der Waals surface area contributed by atoms with Crippen LogP contribution in [0.2, 0.25) is 0 Å². The Bertz CT molecular complexity index is 278. The Kier molecular flexibility index (Phi) is 2.57. The molecule has 1 rings (SSSR count). The lowest BCUT2D eigenvalue weighted by Gasteiger charge is -2.06. The van der Waals surface area contributed by atoms with E-state index in [1.807, 2.05) is 0 Å². The van der Waals surface area contributed by atoms with Gasteiger partial charge in [0.25, 0.3) is 0 Å². The fourth-order valence-corrected chi connectivity index (χ4v) is 0.951. The van der Waals surface area contributed by atoms with Crippen molar-refractivity contribution in [3.63, 3.8) is 0 Å². The topological polar surface area (TPSA) is 78.5 Å². The molecule has 1 aromatic rings. The van der Waals surface area contributed by atoms with Gasteiger partial charge in [-0.3, -0.25) is 0 Å². The van der Waals surface area contributed by atoms with Gasteiger partial charge in [-0.1, -0.05) is 6.07 Å². The van der Waals surface area contributed by atoms with E-state index in [4.69, 9.17) is 15.8 Å². The van der Waals surface area contributed by atoms with Crippen molar-refractivity contribution in [2.24, 2.45) is 0 Å². The molecule has 12 heavy (non-hydrogen) atoms. The van der Waals surface area contributed by atoms with E-state index >= 15 is 0 Å². The third-order valence-electron chi connectivity index (χ3n) is 1.64. The van der Waals surface area contributed by atoms with Crippen molar-refractivity contribution in [1.82, 2.24) is 0 Å². The quantitative estimate of drug-likeness (QED) is 0.335. The highest BCUT2D eigenvalue weighted by molar-refractivity contribution is 6.58. The predicted molar refractivity (Wildman–Crippen MR) is 50.2 cm³/mol. The van der Waals surface area contributed by atoms with Gasteiger partial charge in [-0.2, -0.15) is 0 Å². The fraction of sp³-hybridized carbons (Fsp3) is 0.143. The molecule has 1 aromatic carbocycles. The Morgan fingerprint density at radius 3 is 2.58 bits per heavy atom. The summed E-state index contributed by atoms with van der Waals surface area (Å²) in [6.45, 7) is 0. The van der Waals surface area contributed by atoms with Gasteiger partial charge in [-0.15, -0.1) is 0 Å². The van der Waals surface area contributed by atoms with Crippen molar-refractivity contribution in [1.29, 1.82) is 0 Å². The van der Waals surface area contributed by atoms with Gasteiger partial charge in [-0.05, 0) is 17.6 Å². The van der Waals surface area contributed by atoms with Crippen LogP contribution in [0.4, 0.5) is 11.4 Å². The van der Waals surface area contributed by atoms with Crippen molar-refractivity contribution in [2.75, 3.05) is 18.1 Å². The maximum Gasteiger partial charge on any atom is 0.488 e. The molecule has 5 heteroatoms. The van der Waals surface area contributed by atoms with E-state index in [-0.39, 0.29) is 0 Å². The lowest BCUT2D eigenvalue weighted by molar-refractivity contribution is 0.426. The second-order valence-corrected chi connectivity index (χ2v) is 2.47. The summed E-state index contributed by atoms with van der Waals surface area (Å²) in [7, 11) is 0.275. The summed E-state index contributed by atoms with van der Waals surface area (Å²) in [4.78, 5) is 0. The van der Waals surface area contributed by atoms with Crippen LogP contribution >= 0.6 is 0 Å². The summed E-state index contributed by atoms with van der Waals surface area (Å²) < 4.78 is 0. The number of anilines is 2. The van der Waals surface area contributed by atoms with Gasteiger partial charge in [0.05, 0.1) is 11.4 Å². The van der Waals surface area contributed by atoms with Gasteiger partial charge in [0.2, 0.25) is 0 Å². The monoisotopic (exact) mass is 166 g/mol. The maximum atomic E-state index is 8.82. The number of hydrogen-bond donors (Lipinski definition) is 4.